The van der Waals surface area contributed by atoms with Crippen LogP contribution in [0.15, 0.2) is 36.4 Å². The minimum absolute atomic E-state index is 0.0740. The monoisotopic (exact) mass is 398 g/mol. The molecule has 0 aliphatic heterocycles. The van der Waals surface area contributed by atoms with Gasteiger partial charge in [0.05, 0.1) is 14.2 Å². The predicted molar refractivity (Wildman–Crippen MR) is 115 cm³/mol. The maximum Gasteiger partial charge on any atom is 0.223 e. The Morgan fingerprint density at radius 2 is 1.72 bits per heavy atom. The van der Waals surface area contributed by atoms with Crippen molar-refractivity contribution < 1.29 is 19.1 Å². The summed E-state index contributed by atoms with van der Waals surface area (Å²) in [4.78, 5) is 26.0. The summed E-state index contributed by atoms with van der Waals surface area (Å²) in [6.45, 7) is 6.37. The van der Waals surface area contributed by atoms with Crippen LogP contribution in [-0.4, -0.2) is 39.1 Å². The smallest absolute Gasteiger partial charge is 0.223 e. The van der Waals surface area contributed by atoms with Gasteiger partial charge < -0.3 is 19.7 Å². The van der Waals surface area contributed by atoms with Crippen molar-refractivity contribution in [1.29, 1.82) is 0 Å². The van der Waals surface area contributed by atoms with Crippen LogP contribution < -0.4 is 19.7 Å². The van der Waals surface area contributed by atoms with Gasteiger partial charge in [-0.2, -0.15) is 0 Å². The van der Waals surface area contributed by atoms with E-state index in [0.29, 0.717) is 31.0 Å². The van der Waals surface area contributed by atoms with Crippen molar-refractivity contribution in [1.82, 2.24) is 5.32 Å². The molecule has 0 aromatic heterocycles. The van der Waals surface area contributed by atoms with E-state index >= 15 is 0 Å². The lowest BCUT2D eigenvalue weighted by Gasteiger charge is -2.23. The number of carbonyl (C=O) groups is 2. The van der Waals surface area contributed by atoms with E-state index in [0.717, 1.165) is 22.4 Å². The number of nitrogens with zero attached hydrogens (tertiary/aromatic N) is 1. The minimum atomic E-state index is -0.0820. The predicted octanol–water partition coefficient (Wildman–Crippen LogP) is 3.42. The SMILES string of the molecule is COc1ccc(CCNC(=O)CCN(C(C)=O)c2ccc(C)cc2C)cc1OC. The van der Waals surface area contributed by atoms with Gasteiger partial charge in [-0.1, -0.05) is 23.8 Å². The zero-order chi connectivity index (χ0) is 21.4. The van der Waals surface area contributed by atoms with Crippen LogP contribution in [0.3, 0.4) is 0 Å². The molecule has 156 valence electrons. The van der Waals surface area contributed by atoms with Gasteiger partial charge in [0.25, 0.3) is 0 Å². The zero-order valence-electron chi connectivity index (χ0n) is 17.9. The van der Waals surface area contributed by atoms with Gasteiger partial charge >= 0.3 is 0 Å². The van der Waals surface area contributed by atoms with E-state index in [9.17, 15) is 9.59 Å². The highest BCUT2D eigenvalue weighted by Gasteiger charge is 2.15. The number of aryl methyl sites for hydroxylation is 2. The molecule has 0 fully saturated rings. The fourth-order valence-electron chi connectivity index (χ4n) is 3.24. The highest BCUT2D eigenvalue weighted by molar-refractivity contribution is 5.93. The summed E-state index contributed by atoms with van der Waals surface area (Å²) in [6.07, 6.45) is 0.929. The average Bonchev–Trinajstić information content (AvgIpc) is 2.69. The molecule has 0 bridgehead atoms. The van der Waals surface area contributed by atoms with Gasteiger partial charge in [-0.25, -0.2) is 0 Å². The minimum Gasteiger partial charge on any atom is -0.493 e. The van der Waals surface area contributed by atoms with Gasteiger partial charge in [0.2, 0.25) is 11.8 Å². The first-order valence-electron chi connectivity index (χ1n) is 9.68. The molecular formula is C23H30N2O4. The number of rotatable bonds is 9. The molecule has 0 saturated carbocycles. The molecule has 0 aliphatic carbocycles. The molecule has 2 aromatic rings. The molecule has 2 amide bonds. The molecule has 0 atom stereocenters. The van der Waals surface area contributed by atoms with Crippen LogP contribution in [-0.2, 0) is 16.0 Å². The van der Waals surface area contributed by atoms with Crippen LogP contribution in [0, 0.1) is 13.8 Å². The first kappa shape index (κ1) is 22.3. The Morgan fingerprint density at radius 3 is 2.34 bits per heavy atom. The van der Waals surface area contributed by atoms with Gasteiger partial charge in [0, 0.05) is 32.1 Å². The maximum atomic E-state index is 12.3. The molecule has 0 unspecified atom stereocenters. The molecule has 0 radical (unpaired) electrons. The fraction of sp³-hybridized carbons (Fsp3) is 0.391. The molecule has 1 N–H and O–H groups in total. The van der Waals surface area contributed by atoms with Crippen molar-refractivity contribution in [2.75, 3.05) is 32.2 Å². The Balaban J connectivity index is 1.87. The van der Waals surface area contributed by atoms with E-state index in [1.54, 1.807) is 19.1 Å². The van der Waals surface area contributed by atoms with Crippen LogP contribution in [0.25, 0.3) is 0 Å². The van der Waals surface area contributed by atoms with Gasteiger partial charge in [0.1, 0.15) is 0 Å². The van der Waals surface area contributed by atoms with Crippen LogP contribution in [0.5, 0.6) is 11.5 Å². The molecule has 6 heteroatoms. The third kappa shape index (κ3) is 6.24. The van der Waals surface area contributed by atoms with E-state index in [1.807, 2.05) is 50.2 Å². The van der Waals surface area contributed by atoms with Crippen molar-refractivity contribution in [3.63, 3.8) is 0 Å². The van der Waals surface area contributed by atoms with Gasteiger partial charge in [-0.15, -0.1) is 0 Å². The molecule has 6 nitrogen and oxygen atoms in total. The zero-order valence-corrected chi connectivity index (χ0v) is 17.9. The molecule has 2 rings (SSSR count). The quantitative estimate of drug-likeness (QED) is 0.703. The molecule has 29 heavy (non-hydrogen) atoms. The van der Waals surface area contributed by atoms with Crippen molar-refractivity contribution in [2.45, 2.75) is 33.6 Å². The third-order valence-corrected chi connectivity index (χ3v) is 4.77. The number of nitrogens with one attached hydrogen (secondary N) is 1. The molecule has 0 saturated heterocycles. The second-order valence-corrected chi connectivity index (χ2v) is 7.00. The van der Waals surface area contributed by atoms with E-state index in [1.165, 1.54) is 6.92 Å². The van der Waals surface area contributed by atoms with Crippen LogP contribution in [0.1, 0.15) is 30.0 Å². The average molecular weight is 399 g/mol. The summed E-state index contributed by atoms with van der Waals surface area (Å²) in [7, 11) is 3.19. The molecule has 0 spiro atoms. The fourth-order valence-corrected chi connectivity index (χ4v) is 3.24. The summed E-state index contributed by atoms with van der Waals surface area (Å²) in [5.74, 6) is 1.19. The number of anilines is 1. The van der Waals surface area contributed by atoms with E-state index < -0.39 is 0 Å². The largest absolute Gasteiger partial charge is 0.493 e. The second-order valence-electron chi connectivity index (χ2n) is 7.00. The summed E-state index contributed by atoms with van der Waals surface area (Å²) in [5, 5.41) is 2.92. The number of hydrogen-bond donors (Lipinski definition) is 1. The Hall–Kier alpha value is -3.02. The highest BCUT2D eigenvalue weighted by atomic mass is 16.5. The van der Waals surface area contributed by atoms with Crippen LogP contribution >= 0.6 is 0 Å². The van der Waals surface area contributed by atoms with Crippen molar-refractivity contribution >= 4 is 17.5 Å². The Labute approximate surface area is 172 Å². The molecule has 0 aliphatic rings. The number of ether oxygens (including phenoxy) is 2. The summed E-state index contributed by atoms with van der Waals surface area (Å²) in [6, 6.07) is 11.6. The standard InChI is InChI=1S/C23H30N2O4/c1-16-6-8-20(17(2)14-16)25(18(3)26)13-11-23(27)24-12-10-19-7-9-21(28-4)22(15-19)29-5/h6-9,14-15H,10-13H2,1-5H3,(H,24,27). The lowest BCUT2D eigenvalue weighted by molar-refractivity contribution is -0.121. The Bertz CT molecular complexity index is 864. The molecule has 2 aromatic carbocycles. The number of carbonyl (C=O) groups excluding carboxylic acids is 2. The van der Waals surface area contributed by atoms with E-state index in [-0.39, 0.29) is 18.2 Å². The Morgan fingerprint density at radius 1 is 1.00 bits per heavy atom. The summed E-state index contributed by atoms with van der Waals surface area (Å²) in [5.41, 5.74) is 4.06. The van der Waals surface area contributed by atoms with Crippen molar-refractivity contribution in [3.8, 4) is 11.5 Å². The number of methoxy groups -OCH3 is 2. The lowest BCUT2D eigenvalue weighted by Crippen LogP contribution is -2.34. The summed E-state index contributed by atoms with van der Waals surface area (Å²) < 4.78 is 10.5. The van der Waals surface area contributed by atoms with Crippen LogP contribution in [0.2, 0.25) is 0 Å². The second kappa shape index (κ2) is 10.5. The first-order chi connectivity index (χ1) is 13.8. The van der Waals surface area contributed by atoms with Gasteiger partial charge in [-0.05, 0) is 49.6 Å². The number of hydrogen-bond acceptors (Lipinski definition) is 4. The Kier molecular flexibility index (Phi) is 8.07. The van der Waals surface area contributed by atoms with Crippen LogP contribution in [0.4, 0.5) is 5.69 Å². The van der Waals surface area contributed by atoms with Crippen molar-refractivity contribution in [2.24, 2.45) is 0 Å². The lowest BCUT2D eigenvalue weighted by atomic mass is 10.1. The van der Waals surface area contributed by atoms with E-state index in [2.05, 4.69) is 5.32 Å². The molecular weight excluding hydrogens is 368 g/mol. The van der Waals surface area contributed by atoms with Crippen molar-refractivity contribution in [3.05, 3.63) is 53.1 Å². The molecule has 0 heterocycles. The number of amides is 2. The topological polar surface area (TPSA) is 67.9 Å². The summed E-state index contributed by atoms with van der Waals surface area (Å²) >= 11 is 0. The van der Waals surface area contributed by atoms with E-state index in [4.69, 9.17) is 9.47 Å². The third-order valence-electron chi connectivity index (χ3n) is 4.77. The first-order valence-corrected chi connectivity index (χ1v) is 9.68. The van der Waals surface area contributed by atoms with Gasteiger partial charge in [0.15, 0.2) is 11.5 Å². The number of benzene rings is 2. The normalized spacial score (nSPS) is 10.4. The van der Waals surface area contributed by atoms with Gasteiger partial charge in [-0.3, -0.25) is 9.59 Å². The highest BCUT2D eigenvalue weighted by Crippen LogP contribution is 2.27. The maximum absolute atomic E-state index is 12.3.